The summed E-state index contributed by atoms with van der Waals surface area (Å²) in [5.74, 6) is -0.267. The summed E-state index contributed by atoms with van der Waals surface area (Å²) in [4.78, 5) is 14.9. The Hall–Kier alpha value is -2.53. The fraction of sp³-hybridized carbons (Fsp3) is 0.348. The fourth-order valence-corrected chi connectivity index (χ4v) is 6.63. The van der Waals surface area contributed by atoms with E-state index in [-0.39, 0.29) is 28.3 Å². The summed E-state index contributed by atoms with van der Waals surface area (Å²) in [7, 11) is -7.27. The van der Waals surface area contributed by atoms with Crippen LogP contribution < -0.4 is 14.3 Å². The van der Waals surface area contributed by atoms with Gasteiger partial charge >= 0.3 is 0 Å². The number of anilines is 1. The summed E-state index contributed by atoms with van der Waals surface area (Å²) in [5.41, 5.74) is 1.82. The van der Waals surface area contributed by atoms with Crippen molar-refractivity contribution in [2.75, 3.05) is 18.0 Å². The number of sulfonamides is 2. The molecule has 0 bridgehead atoms. The van der Waals surface area contributed by atoms with Crippen molar-refractivity contribution in [2.45, 2.75) is 47.9 Å². The molecule has 1 aliphatic carbocycles. The summed E-state index contributed by atoms with van der Waals surface area (Å²) in [5, 5.41) is 0. The van der Waals surface area contributed by atoms with E-state index in [9.17, 15) is 21.6 Å². The zero-order valence-electron chi connectivity index (χ0n) is 18.2. The van der Waals surface area contributed by atoms with E-state index < -0.39 is 20.0 Å². The molecule has 2 aromatic carbocycles. The minimum Gasteiger partial charge on any atom is -0.308 e. The number of nitrogens with one attached hydrogen (secondary N) is 2. The molecule has 0 radical (unpaired) electrons. The standard InChI is InChI=1S/C23H27N3O5S2/c1-2-14-24-32(28,29)20-9-7-17(8-10-20)23(27)26-15-13-18-16-21(11-12-22(18)26)33(30,31)25-19-5-3-4-6-19/h2,7-12,16,19,24-25H,1,3-6,13-15H2. The van der Waals surface area contributed by atoms with E-state index in [1.54, 1.807) is 17.0 Å². The molecule has 2 N–H and O–H groups in total. The lowest BCUT2D eigenvalue weighted by Crippen LogP contribution is -2.32. The highest BCUT2D eigenvalue weighted by Gasteiger charge is 2.29. The lowest BCUT2D eigenvalue weighted by molar-refractivity contribution is 0.0989. The summed E-state index contributed by atoms with van der Waals surface area (Å²) >= 11 is 0. The predicted octanol–water partition coefficient (Wildman–Crippen LogP) is 2.57. The summed E-state index contributed by atoms with van der Waals surface area (Å²) < 4.78 is 55.1. The number of nitrogens with zero attached hydrogens (tertiary/aromatic N) is 1. The first kappa shape index (κ1) is 23.6. The quantitative estimate of drug-likeness (QED) is 0.554. The minimum atomic E-state index is -3.67. The Balaban J connectivity index is 1.51. The largest absolute Gasteiger partial charge is 0.308 e. The molecule has 0 spiro atoms. The molecule has 2 aromatic rings. The van der Waals surface area contributed by atoms with E-state index in [1.165, 1.54) is 36.4 Å². The predicted molar refractivity (Wildman–Crippen MR) is 126 cm³/mol. The highest BCUT2D eigenvalue weighted by atomic mass is 32.2. The van der Waals surface area contributed by atoms with Crippen molar-refractivity contribution in [3.05, 3.63) is 66.2 Å². The van der Waals surface area contributed by atoms with Crippen molar-refractivity contribution in [3.63, 3.8) is 0 Å². The molecule has 0 saturated heterocycles. The average Bonchev–Trinajstić information content (AvgIpc) is 3.46. The Bertz CT molecular complexity index is 1270. The number of carbonyl (C=O) groups is 1. The SMILES string of the molecule is C=CCNS(=O)(=O)c1ccc(C(=O)N2CCc3cc(S(=O)(=O)NC4CCCC4)ccc32)cc1. The highest BCUT2D eigenvalue weighted by Crippen LogP contribution is 2.32. The van der Waals surface area contributed by atoms with Gasteiger partial charge in [-0.15, -0.1) is 6.58 Å². The number of carbonyl (C=O) groups excluding carboxylic acids is 1. The average molecular weight is 490 g/mol. The number of hydrogen-bond donors (Lipinski definition) is 2. The van der Waals surface area contributed by atoms with Gasteiger partial charge in [-0.1, -0.05) is 18.9 Å². The Morgan fingerprint density at radius 3 is 2.33 bits per heavy atom. The molecule has 0 unspecified atom stereocenters. The van der Waals surface area contributed by atoms with Crippen LogP contribution >= 0.6 is 0 Å². The molecule has 1 saturated carbocycles. The van der Waals surface area contributed by atoms with Crippen LogP contribution in [0.15, 0.2) is 64.9 Å². The molecule has 1 amide bonds. The molecule has 1 aliphatic heterocycles. The molecule has 1 heterocycles. The van der Waals surface area contributed by atoms with Crippen LogP contribution in [0.5, 0.6) is 0 Å². The summed E-state index contributed by atoms with van der Waals surface area (Å²) in [6.07, 6.45) is 5.78. The molecule has 33 heavy (non-hydrogen) atoms. The van der Waals surface area contributed by atoms with E-state index in [0.717, 1.165) is 31.2 Å². The van der Waals surface area contributed by atoms with Gasteiger partial charge in [0, 0.05) is 30.4 Å². The van der Waals surface area contributed by atoms with Crippen LogP contribution in [0.25, 0.3) is 0 Å². The minimum absolute atomic E-state index is 0.0138. The molecule has 0 atom stereocenters. The van der Waals surface area contributed by atoms with Gasteiger partial charge in [-0.05, 0) is 67.3 Å². The smallest absolute Gasteiger partial charge is 0.258 e. The van der Waals surface area contributed by atoms with Crippen LogP contribution in [0.3, 0.4) is 0 Å². The van der Waals surface area contributed by atoms with Crippen LogP contribution in [-0.2, 0) is 26.5 Å². The Morgan fingerprint density at radius 1 is 1.00 bits per heavy atom. The molecule has 10 heteroatoms. The molecular weight excluding hydrogens is 462 g/mol. The third kappa shape index (κ3) is 5.03. The molecule has 2 aliphatic rings. The Kier molecular flexibility index (Phi) is 6.71. The summed E-state index contributed by atoms with van der Waals surface area (Å²) in [6, 6.07) is 10.6. The molecular formula is C23H27N3O5S2. The molecule has 176 valence electrons. The van der Waals surface area contributed by atoms with Crippen molar-refractivity contribution in [1.82, 2.24) is 9.44 Å². The van der Waals surface area contributed by atoms with E-state index in [2.05, 4.69) is 16.0 Å². The van der Waals surface area contributed by atoms with Crippen LogP contribution in [-0.4, -0.2) is 41.9 Å². The molecule has 4 rings (SSSR count). The maximum Gasteiger partial charge on any atom is 0.258 e. The van der Waals surface area contributed by atoms with Crippen molar-refractivity contribution in [3.8, 4) is 0 Å². The topological polar surface area (TPSA) is 113 Å². The zero-order chi connectivity index (χ0) is 23.6. The normalized spacial score (nSPS) is 16.7. The lowest BCUT2D eigenvalue weighted by Gasteiger charge is -2.18. The van der Waals surface area contributed by atoms with Crippen molar-refractivity contribution in [1.29, 1.82) is 0 Å². The van der Waals surface area contributed by atoms with Crippen LogP contribution in [0, 0.1) is 0 Å². The molecule has 1 fully saturated rings. The monoisotopic (exact) mass is 489 g/mol. The van der Waals surface area contributed by atoms with Gasteiger partial charge in [-0.3, -0.25) is 4.79 Å². The number of amides is 1. The van der Waals surface area contributed by atoms with Gasteiger partial charge in [0.2, 0.25) is 20.0 Å². The maximum absolute atomic E-state index is 13.1. The number of rotatable bonds is 8. The Labute approximate surface area is 194 Å². The van der Waals surface area contributed by atoms with Crippen LogP contribution in [0.4, 0.5) is 5.69 Å². The Morgan fingerprint density at radius 2 is 1.67 bits per heavy atom. The van der Waals surface area contributed by atoms with Crippen LogP contribution in [0.1, 0.15) is 41.6 Å². The number of hydrogen-bond acceptors (Lipinski definition) is 5. The lowest BCUT2D eigenvalue weighted by atomic mass is 10.1. The summed E-state index contributed by atoms with van der Waals surface area (Å²) in [6.45, 7) is 4.02. The zero-order valence-corrected chi connectivity index (χ0v) is 19.8. The first-order valence-electron chi connectivity index (χ1n) is 10.9. The molecule has 0 aromatic heterocycles. The van der Waals surface area contributed by atoms with E-state index in [1.807, 2.05) is 0 Å². The number of benzene rings is 2. The molecule has 8 nitrogen and oxygen atoms in total. The van der Waals surface area contributed by atoms with Gasteiger partial charge in [0.05, 0.1) is 9.79 Å². The van der Waals surface area contributed by atoms with E-state index in [0.29, 0.717) is 24.2 Å². The van der Waals surface area contributed by atoms with Gasteiger partial charge < -0.3 is 4.90 Å². The van der Waals surface area contributed by atoms with Crippen molar-refractivity contribution >= 4 is 31.6 Å². The van der Waals surface area contributed by atoms with Gasteiger partial charge in [-0.25, -0.2) is 26.3 Å². The van der Waals surface area contributed by atoms with Gasteiger partial charge in [-0.2, -0.15) is 0 Å². The van der Waals surface area contributed by atoms with Crippen molar-refractivity contribution < 1.29 is 21.6 Å². The first-order valence-corrected chi connectivity index (χ1v) is 13.9. The van der Waals surface area contributed by atoms with E-state index in [4.69, 9.17) is 0 Å². The van der Waals surface area contributed by atoms with Gasteiger partial charge in [0.1, 0.15) is 0 Å². The van der Waals surface area contributed by atoms with Crippen molar-refractivity contribution in [2.24, 2.45) is 0 Å². The third-order valence-corrected chi connectivity index (χ3v) is 8.97. The van der Waals surface area contributed by atoms with Gasteiger partial charge in [0.15, 0.2) is 0 Å². The van der Waals surface area contributed by atoms with E-state index >= 15 is 0 Å². The maximum atomic E-state index is 13.1. The first-order chi connectivity index (χ1) is 15.7. The second-order valence-electron chi connectivity index (χ2n) is 8.26. The van der Waals surface area contributed by atoms with Gasteiger partial charge in [0.25, 0.3) is 5.91 Å². The van der Waals surface area contributed by atoms with Crippen LogP contribution in [0.2, 0.25) is 0 Å². The number of fused-ring (bicyclic) bond motifs is 1. The highest BCUT2D eigenvalue weighted by molar-refractivity contribution is 7.89. The second-order valence-corrected chi connectivity index (χ2v) is 11.7. The fourth-order valence-electron chi connectivity index (χ4n) is 4.27. The second kappa shape index (κ2) is 9.38. The third-order valence-electron chi connectivity index (χ3n) is 6.01.